The molecule has 1 aliphatic rings. The van der Waals surface area contributed by atoms with Crippen molar-refractivity contribution in [3.05, 3.63) is 23.9 Å². The monoisotopic (exact) mass is 260 g/mol. The number of esters is 1. The molecule has 1 amide bonds. The molecule has 3 rings (SSSR count). The fourth-order valence-corrected chi connectivity index (χ4v) is 1.78. The van der Waals surface area contributed by atoms with Crippen LogP contribution in [-0.4, -0.2) is 33.6 Å². The normalized spacial score (nSPS) is 14.4. The summed E-state index contributed by atoms with van der Waals surface area (Å²) in [6.45, 7) is 0. The Hall–Kier alpha value is -2.44. The summed E-state index contributed by atoms with van der Waals surface area (Å²) < 4.78 is 6.02. The third-order valence-corrected chi connectivity index (χ3v) is 2.94. The molecule has 0 aliphatic heterocycles. The Bertz CT molecular complexity index is 660. The summed E-state index contributed by atoms with van der Waals surface area (Å²) in [5, 5.41) is 6.75. The maximum absolute atomic E-state index is 11.6. The predicted octanol–water partition coefficient (Wildman–Crippen LogP) is 0.864. The molecule has 1 N–H and O–H groups in total. The second kappa shape index (κ2) is 4.34. The Balaban J connectivity index is 1.95. The molecular weight excluding hydrogens is 248 g/mol. The molecule has 0 aromatic carbocycles. The Labute approximate surface area is 108 Å². The molecule has 1 fully saturated rings. The second-order valence-corrected chi connectivity index (χ2v) is 4.37. The molecule has 2 aromatic rings. The van der Waals surface area contributed by atoms with Gasteiger partial charge in [-0.15, -0.1) is 5.10 Å². The largest absolute Gasteiger partial charge is 0.464 e. The van der Waals surface area contributed by atoms with Crippen molar-refractivity contribution in [2.45, 2.75) is 12.8 Å². The van der Waals surface area contributed by atoms with Crippen molar-refractivity contribution in [1.29, 1.82) is 0 Å². The Kier molecular flexibility index (Phi) is 2.66. The minimum absolute atomic E-state index is 0.0736. The quantitative estimate of drug-likeness (QED) is 0.827. The molecule has 0 unspecified atom stereocenters. The molecule has 0 radical (unpaired) electrons. The molecule has 7 heteroatoms. The lowest BCUT2D eigenvalue weighted by Gasteiger charge is -2.00. The number of hydrogen-bond donors (Lipinski definition) is 1. The van der Waals surface area contributed by atoms with Crippen LogP contribution in [0.25, 0.3) is 5.65 Å². The first-order valence-electron chi connectivity index (χ1n) is 5.94. The third-order valence-electron chi connectivity index (χ3n) is 2.94. The molecule has 2 aromatic heterocycles. The first kappa shape index (κ1) is 11.6. The van der Waals surface area contributed by atoms with E-state index < -0.39 is 5.97 Å². The Morgan fingerprint density at radius 2 is 2.21 bits per heavy atom. The molecule has 2 heterocycles. The van der Waals surface area contributed by atoms with Gasteiger partial charge >= 0.3 is 5.97 Å². The molecule has 0 saturated heterocycles. The summed E-state index contributed by atoms with van der Waals surface area (Å²) in [5.41, 5.74) is 0.744. The van der Waals surface area contributed by atoms with Gasteiger partial charge in [-0.2, -0.15) is 4.98 Å². The van der Waals surface area contributed by atoms with Crippen LogP contribution in [0.2, 0.25) is 0 Å². The van der Waals surface area contributed by atoms with E-state index in [0.29, 0.717) is 5.65 Å². The van der Waals surface area contributed by atoms with Gasteiger partial charge in [-0.1, -0.05) is 6.07 Å². The van der Waals surface area contributed by atoms with Gasteiger partial charge in [0.2, 0.25) is 11.9 Å². The van der Waals surface area contributed by atoms with E-state index in [9.17, 15) is 9.59 Å². The molecular formula is C12H12N4O3. The van der Waals surface area contributed by atoms with Crippen molar-refractivity contribution >= 4 is 23.5 Å². The number of anilines is 1. The molecule has 7 nitrogen and oxygen atoms in total. The minimum atomic E-state index is -0.504. The standard InChI is InChI=1S/C12H12N4O3/c1-19-11(18)8-3-2-4-9-13-12(15-16(8)9)14-10(17)7-5-6-7/h2-4,7H,5-6H2,1H3,(H,14,15,17). The van der Waals surface area contributed by atoms with Crippen LogP contribution in [-0.2, 0) is 9.53 Å². The number of nitrogens with one attached hydrogen (secondary N) is 1. The van der Waals surface area contributed by atoms with Gasteiger partial charge in [0.05, 0.1) is 7.11 Å². The lowest BCUT2D eigenvalue weighted by Crippen LogP contribution is -2.14. The van der Waals surface area contributed by atoms with E-state index in [4.69, 9.17) is 0 Å². The maximum atomic E-state index is 11.6. The van der Waals surface area contributed by atoms with Gasteiger partial charge in [-0.25, -0.2) is 9.31 Å². The molecule has 98 valence electrons. The zero-order valence-electron chi connectivity index (χ0n) is 10.3. The van der Waals surface area contributed by atoms with Crippen molar-refractivity contribution < 1.29 is 14.3 Å². The number of ether oxygens (including phenoxy) is 1. The smallest absolute Gasteiger partial charge is 0.356 e. The fraction of sp³-hybridized carbons (Fsp3) is 0.333. The molecule has 1 aliphatic carbocycles. The number of carbonyl (C=O) groups excluding carboxylic acids is 2. The number of hydrogen-bond acceptors (Lipinski definition) is 5. The van der Waals surface area contributed by atoms with E-state index in [1.54, 1.807) is 18.2 Å². The number of pyridine rings is 1. The van der Waals surface area contributed by atoms with Crippen LogP contribution in [0.5, 0.6) is 0 Å². The molecule has 0 bridgehead atoms. The van der Waals surface area contributed by atoms with E-state index in [-0.39, 0.29) is 23.5 Å². The number of fused-ring (bicyclic) bond motifs is 1. The summed E-state index contributed by atoms with van der Waals surface area (Å²) in [4.78, 5) is 27.4. The highest BCUT2D eigenvalue weighted by Gasteiger charge is 2.30. The maximum Gasteiger partial charge on any atom is 0.356 e. The van der Waals surface area contributed by atoms with Gasteiger partial charge in [0, 0.05) is 5.92 Å². The zero-order valence-corrected chi connectivity index (χ0v) is 10.3. The highest BCUT2D eigenvalue weighted by molar-refractivity contribution is 5.93. The summed E-state index contributed by atoms with van der Waals surface area (Å²) >= 11 is 0. The van der Waals surface area contributed by atoms with Crippen LogP contribution in [0.4, 0.5) is 5.95 Å². The van der Waals surface area contributed by atoms with Crippen LogP contribution in [0.1, 0.15) is 23.3 Å². The van der Waals surface area contributed by atoms with Crippen molar-refractivity contribution in [3.63, 3.8) is 0 Å². The number of rotatable bonds is 3. The number of methoxy groups -OCH3 is 1. The van der Waals surface area contributed by atoms with Gasteiger partial charge in [0.1, 0.15) is 0 Å². The second-order valence-electron chi connectivity index (χ2n) is 4.37. The van der Waals surface area contributed by atoms with E-state index >= 15 is 0 Å². The summed E-state index contributed by atoms with van der Waals surface area (Å²) in [5.74, 6) is -0.300. The minimum Gasteiger partial charge on any atom is -0.464 e. The van der Waals surface area contributed by atoms with Crippen LogP contribution >= 0.6 is 0 Å². The highest BCUT2D eigenvalue weighted by Crippen LogP contribution is 2.29. The predicted molar refractivity (Wildman–Crippen MR) is 65.7 cm³/mol. The summed E-state index contributed by atoms with van der Waals surface area (Å²) in [7, 11) is 1.30. The summed E-state index contributed by atoms with van der Waals surface area (Å²) in [6, 6.07) is 4.97. The molecule has 0 spiro atoms. The topological polar surface area (TPSA) is 85.6 Å². The summed E-state index contributed by atoms with van der Waals surface area (Å²) in [6.07, 6.45) is 1.82. The number of amides is 1. The number of carbonyl (C=O) groups is 2. The van der Waals surface area contributed by atoms with E-state index in [0.717, 1.165) is 12.8 Å². The van der Waals surface area contributed by atoms with Gasteiger partial charge in [-0.05, 0) is 25.0 Å². The highest BCUT2D eigenvalue weighted by atomic mass is 16.5. The SMILES string of the molecule is COC(=O)c1cccc2nc(NC(=O)C3CC3)nn12. The van der Waals surface area contributed by atoms with Gasteiger partial charge < -0.3 is 4.74 Å². The van der Waals surface area contributed by atoms with Crippen LogP contribution in [0, 0.1) is 5.92 Å². The van der Waals surface area contributed by atoms with Crippen LogP contribution in [0.3, 0.4) is 0 Å². The van der Waals surface area contributed by atoms with E-state index in [2.05, 4.69) is 20.1 Å². The first-order valence-corrected chi connectivity index (χ1v) is 5.94. The van der Waals surface area contributed by atoms with Gasteiger partial charge in [-0.3, -0.25) is 10.1 Å². The van der Waals surface area contributed by atoms with E-state index in [1.807, 2.05) is 0 Å². The Morgan fingerprint density at radius 1 is 1.42 bits per heavy atom. The zero-order chi connectivity index (χ0) is 13.4. The number of aromatic nitrogens is 3. The van der Waals surface area contributed by atoms with Crippen molar-refractivity contribution in [2.24, 2.45) is 5.92 Å². The van der Waals surface area contributed by atoms with E-state index in [1.165, 1.54) is 11.6 Å². The molecule has 19 heavy (non-hydrogen) atoms. The van der Waals surface area contributed by atoms with Gasteiger partial charge in [0.25, 0.3) is 0 Å². The molecule has 0 atom stereocenters. The van der Waals surface area contributed by atoms with Crippen molar-refractivity contribution in [3.8, 4) is 0 Å². The lowest BCUT2D eigenvalue weighted by molar-refractivity contribution is -0.117. The number of nitrogens with zero attached hydrogens (tertiary/aromatic N) is 3. The Morgan fingerprint density at radius 3 is 2.89 bits per heavy atom. The lowest BCUT2D eigenvalue weighted by atomic mass is 10.3. The average molecular weight is 260 g/mol. The van der Waals surface area contributed by atoms with Gasteiger partial charge in [0.15, 0.2) is 11.3 Å². The average Bonchev–Trinajstić information content (AvgIpc) is 3.18. The van der Waals surface area contributed by atoms with Crippen LogP contribution in [0.15, 0.2) is 18.2 Å². The van der Waals surface area contributed by atoms with Crippen molar-refractivity contribution in [2.75, 3.05) is 12.4 Å². The molecule has 1 saturated carbocycles. The third kappa shape index (κ3) is 2.14. The van der Waals surface area contributed by atoms with Crippen molar-refractivity contribution in [1.82, 2.24) is 14.6 Å². The first-order chi connectivity index (χ1) is 9.19. The van der Waals surface area contributed by atoms with Crippen LogP contribution < -0.4 is 5.32 Å². The fourth-order valence-electron chi connectivity index (χ4n) is 1.78.